The fraction of sp³-hybridized carbons (Fsp3) is 0. The monoisotopic (exact) mass is 242 g/mol. The lowest BCUT2D eigenvalue weighted by molar-refractivity contribution is 0.474. The lowest BCUT2D eigenvalue weighted by Crippen LogP contribution is -2.03. The molecule has 1 aliphatic heterocycles. The number of terminal acetylenes is 2. The molecule has 88 valence electrons. The first-order valence-electron chi connectivity index (χ1n) is 5.89. The van der Waals surface area contributed by atoms with E-state index in [1.54, 1.807) is 0 Å². The van der Waals surface area contributed by atoms with E-state index in [-0.39, 0.29) is 0 Å². The molecule has 19 heavy (non-hydrogen) atoms. The third kappa shape index (κ3) is 1.69. The van der Waals surface area contributed by atoms with E-state index >= 15 is 0 Å². The van der Waals surface area contributed by atoms with E-state index in [1.807, 2.05) is 48.5 Å². The summed E-state index contributed by atoms with van der Waals surface area (Å²) in [6, 6.07) is 15.5. The van der Waals surface area contributed by atoms with Crippen molar-refractivity contribution in [2.24, 2.45) is 0 Å². The average Bonchev–Trinajstić information content (AvgIpc) is 2.47. The van der Waals surface area contributed by atoms with Crippen LogP contribution in [0.2, 0.25) is 0 Å². The van der Waals surface area contributed by atoms with E-state index in [4.69, 9.17) is 17.6 Å². The van der Waals surface area contributed by atoms with Crippen LogP contribution in [0.4, 0.5) is 0 Å². The Morgan fingerprint density at radius 2 is 1.26 bits per heavy atom. The van der Waals surface area contributed by atoms with Crippen molar-refractivity contribution < 1.29 is 4.74 Å². The van der Waals surface area contributed by atoms with Gasteiger partial charge in [0.2, 0.25) is 0 Å². The molecule has 2 aromatic carbocycles. The summed E-state index contributed by atoms with van der Waals surface area (Å²) in [5.74, 6) is 6.74. The Labute approximate surface area is 112 Å². The zero-order valence-electron chi connectivity index (χ0n) is 10.2. The van der Waals surface area contributed by atoms with Crippen molar-refractivity contribution in [1.29, 1.82) is 0 Å². The highest BCUT2D eigenvalue weighted by atomic mass is 16.5. The lowest BCUT2D eigenvalue weighted by atomic mass is 9.90. The maximum atomic E-state index is 5.88. The van der Waals surface area contributed by atoms with Crippen LogP contribution in [0.1, 0.15) is 11.1 Å². The number of para-hydroxylation sites is 2. The van der Waals surface area contributed by atoms with Crippen molar-refractivity contribution >= 4 is 5.57 Å². The third-order valence-electron chi connectivity index (χ3n) is 3.07. The number of ether oxygens (including phenoxy) is 1. The van der Waals surface area contributed by atoms with Crippen LogP contribution < -0.4 is 4.74 Å². The molecular weight excluding hydrogens is 232 g/mol. The van der Waals surface area contributed by atoms with Gasteiger partial charge in [0, 0.05) is 16.7 Å². The van der Waals surface area contributed by atoms with Crippen LogP contribution in [0, 0.1) is 24.7 Å². The van der Waals surface area contributed by atoms with Gasteiger partial charge < -0.3 is 4.74 Å². The SMILES string of the molecule is C#CC(C#C)=C1c2ccccc2Oc2ccccc21. The zero-order valence-corrected chi connectivity index (χ0v) is 10.2. The number of rotatable bonds is 0. The van der Waals surface area contributed by atoms with E-state index in [1.165, 1.54) is 0 Å². The molecule has 0 radical (unpaired) electrons. The van der Waals surface area contributed by atoms with Crippen molar-refractivity contribution in [3.05, 3.63) is 65.2 Å². The third-order valence-corrected chi connectivity index (χ3v) is 3.07. The number of allylic oxidation sites excluding steroid dienone is 1. The van der Waals surface area contributed by atoms with Gasteiger partial charge in [-0.25, -0.2) is 0 Å². The number of hydrogen-bond acceptors (Lipinski definition) is 1. The summed E-state index contributed by atoms with van der Waals surface area (Å²) in [5.41, 5.74) is 3.31. The van der Waals surface area contributed by atoms with Crippen LogP contribution in [-0.4, -0.2) is 0 Å². The summed E-state index contributed by atoms with van der Waals surface area (Å²) >= 11 is 0. The minimum Gasteiger partial charge on any atom is -0.456 e. The van der Waals surface area contributed by atoms with E-state index in [9.17, 15) is 0 Å². The normalized spacial score (nSPS) is 11.4. The standard InChI is InChI=1S/C18H10O/c1-3-13(4-2)18-14-9-5-7-11-16(14)19-17-12-8-6-10-15(17)18/h1-2,5-12H. The Morgan fingerprint density at radius 1 is 0.789 bits per heavy atom. The van der Waals surface area contributed by atoms with Crippen LogP contribution >= 0.6 is 0 Å². The molecule has 0 aliphatic carbocycles. The van der Waals surface area contributed by atoms with Crippen LogP contribution in [0.5, 0.6) is 11.5 Å². The van der Waals surface area contributed by atoms with Crippen LogP contribution in [0.15, 0.2) is 54.1 Å². The molecule has 1 aliphatic rings. The Hall–Kier alpha value is -2.90. The molecule has 0 saturated heterocycles. The zero-order chi connectivity index (χ0) is 13.2. The number of hydrogen-bond donors (Lipinski definition) is 0. The molecule has 0 saturated carbocycles. The van der Waals surface area contributed by atoms with Crippen molar-refractivity contribution in [3.63, 3.8) is 0 Å². The van der Waals surface area contributed by atoms with Gasteiger partial charge in [-0.1, -0.05) is 48.2 Å². The first-order valence-corrected chi connectivity index (χ1v) is 5.89. The molecule has 3 rings (SSSR count). The summed E-state index contributed by atoms with van der Waals surface area (Å²) in [6.07, 6.45) is 11.1. The quantitative estimate of drug-likeness (QED) is 0.544. The second-order valence-electron chi connectivity index (χ2n) is 4.13. The first kappa shape index (κ1) is 11.2. The molecule has 0 aromatic heterocycles. The van der Waals surface area contributed by atoms with Gasteiger partial charge in [0.15, 0.2) is 0 Å². The van der Waals surface area contributed by atoms with E-state index in [2.05, 4.69) is 11.8 Å². The van der Waals surface area contributed by atoms with Crippen LogP contribution in [0.3, 0.4) is 0 Å². The predicted molar refractivity (Wildman–Crippen MR) is 76.6 cm³/mol. The van der Waals surface area contributed by atoms with Gasteiger partial charge >= 0.3 is 0 Å². The van der Waals surface area contributed by atoms with Gasteiger partial charge in [0.25, 0.3) is 0 Å². The molecule has 1 heteroatoms. The second kappa shape index (κ2) is 4.41. The van der Waals surface area contributed by atoms with Crippen LogP contribution in [0.25, 0.3) is 5.57 Å². The molecule has 0 unspecified atom stereocenters. The topological polar surface area (TPSA) is 9.23 Å². The van der Waals surface area contributed by atoms with Crippen molar-refractivity contribution in [1.82, 2.24) is 0 Å². The van der Waals surface area contributed by atoms with Crippen molar-refractivity contribution in [2.75, 3.05) is 0 Å². The summed E-state index contributed by atoms with van der Waals surface area (Å²) in [7, 11) is 0. The second-order valence-corrected chi connectivity index (χ2v) is 4.13. The predicted octanol–water partition coefficient (Wildman–Crippen LogP) is 3.86. The van der Waals surface area contributed by atoms with Crippen LogP contribution in [-0.2, 0) is 0 Å². The average molecular weight is 242 g/mol. The molecule has 1 heterocycles. The fourth-order valence-corrected chi connectivity index (χ4v) is 2.24. The van der Waals surface area contributed by atoms with E-state index in [0.29, 0.717) is 5.57 Å². The Morgan fingerprint density at radius 3 is 1.74 bits per heavy atom. The highest BCUT2D eigenvalue weighted by Crippen LogP contribution is 2.44. The van der Waals surface area contributed by atoms with Gasteiger partial charge in [-0.2, -0.15) is 0 Å². The minimum absolute atomic E-state index is 0.545. The molecule has 0 bridgehead atoms. The molecule has 2 aromatic rings. The van der Waals surface area contributed by atoms with Gasteiger partial charge in [-0.15, -0.1) is 12.8 Å². The van der Waals surface area contributed by atoms with E-state index in [0.717, 1.165) is 28.2 Å². The molecule has 0 spiro atoms. The largest absolute Gasteiger partial charge is 0.456 e. The Kier molecular flexibility index (Phi) is 2.60. The van der Waals surface area contributed by atoms with Gasteiger partial charge in [0.1, 0.15) is 11.5 Å². The maximum absolute atomic E-state index is 5.88. The van der Waals surface area contributed by atoms with Gasteiger partial charge in [0.05, 0.1) is 5.57 Å². The highest BCUT2D eigenvalue weighted by molar-refractivity contribution is 5.93. The number of benzene rings is 2. The maximum Gasteiger partial charge on any atom is 0.135 e. The summed E-state index contributed by atoms with van der Waals surface area (Å²) in [5, 5.41) is 0. The molecule has 0 fully saturated rings. The summed E-state index contributed by atoms with van der Waals surface area (Å²) < 4.78 is 5.88. The Bertz CT molecular complexity index is 703. The van der Waals surface area contributed by atoms with Gasteiger partial charge in [-0.3, -0.25) is 0 Å². The highest BCUT2D eigenvalue weighted by Gasteiger charge is 2.23. The lowest BCUT2D eigenvalue weighted by Gasteiger charge is -2.23. The van der Waals surface area contributed by atoms with Crippen molar-refractivity contribution in [3.8, 4) is 36.2 Å². The Balaban J connectivity index is 2.40. The smallest absolute Gasteiger partial charge is 0.135 e. The first-order chi connectivity index (χ1) is 9.35. The fourth-order valence-electron chi connectivity index (χ4n) is 2.24. The minimum atomic E-state index is 0.545. The molecule has 0 atom stereocenters. The molecular formula is C18H10O. The summed E-state index contributed by atoms with van der Waals surface area (Å²) in [4.78, 5) is 0. The number of fused-ring (bicyclic) bond motifs is 2. The molecule has 1 nitrogen and oxygen atoms in total. The molecule has 0 amide bonds. The van der Waals surface area contributed by atoms with Crippen molar-refractivity contribution in [2.45, 2.75) is 0 Å². The van der Waals surface area contributed by atoms with E-state index < -0.39 is 0 Å². The molecule has 0 N–H and O–H groups in total. The summed E-state index contributed by atoms with van der Waals surface area (Å²) in [6.45, 7) is 0. The van der Waals surface area contributed by atoms with Gasteiger partial charge in [-0.05, 0) is 12.1 Å².